The Morgan fingerprint density at radius 1 is 0.810 bits per heavy atom. The standard InChI is InChI=1S/C52H94NO9P/c1-10-11-12-13-14-15-16-17-18-19-20-21-22-26-49(54)58-38-44(39-60-63(56,57)59-36-35-53(7,8)9)62-50(55)61-43-31-33-51(5)42(37-43)27-28-45-47-30-29-46(41(4)25-23-24-40(2)3)52(47,6)34-32-48(45)51/h27,40-41,43-48H,10-26,28-39H2,1-9H3/p+1/t41-,43+,44-,45+,46-,47+,48+,51+,52-/m1/s1. The molecule has 0 bridgehead atoms. The van der Waals surface area contributed by atoms with E-state index in [4.69, 9.17) is 23.3 Å². The summed E-state index contributed by atoms with van der Waals surface area (Å²) in [5.41, 5.74) is 1.97. The van der Waals surface area contributed by atoms with Gasteiger partial charge in [0, 0.05) is 12.8 Å². The van der Waals surface area contributed by atoms with Gasteiger partial charge in [0.2, 0.25) is 0 Å². The van der Waals surface area contributed by atoms with Crippen LogP contribution in [-0.4, -0.2) is 81.2 Å². The Hall–Kier alpha value is -1.45. The summed E-state index contributed by atoms with van der Waals surface area (Å²) in [6, 6.07) is 0. The molecule has 0 heterocycles. The van der Waals surface area contributed by atoms with Crippen LogP contribution in [0.1, 0.15) is 202 Å². The van der Waals surface area contributed by atoms with Crippen LogP contribution in [0.2, 0.25) is 0 Å². The number of rotatable bonds is 30. The molecule has 3 saturated carbocycles. The Labute approximate surface area is 385 Å². The number of likely N-dealkylation sites (N-methyl/N-ethyl adjacent to an activating group) is 1. The summed E-state index contributed by atoms with van der Waals surface area (Å²) in [4.78, 5) is 36.5. The second kappa shape index (κ2) is 26.2. The summed E-state index contributed by atoms with van der Waals surface area (Å²) < 4.78 is 40.9. The van der Waals surface area contributed by atoms with Gasteiger partial charge in [0.15, 0.2) is 6.10 Å². The highest BCUT2D eigenvalue weighted by molar-refractivity contribution is 7.47. The number of ether oxygens (including phenoxy) is 3. The fourth-order valence-corrected chi connectivity index (χ4v) is 13.1. The van der Waals surface area contributed by atoms with Crippen molar-refractivity contribution in [2.75, 3.05) is 47.5 Å². The largest absolute Gasteiger partial charge is 0.509 e. The number of carbonyl (C=O) groups excluding carboxylic acids is 2. The molecule has 0 aromatic carbocycles. The maximum absolute atomic E-state index is 13.4. The van der Waals surface area contributed by atoms with Crippen LogP contribution in [0.4, 0.5) is 4.79 Å². The quantitative estimate of drug-likeness (QED) is 0.0247. The minimum Gasteiger partial charge on any atom is -0.462 e. The monoisotopic (exact) mass is 909 g/mol. The number of unbranched alkanes of at least 4 members (excludes halogenated alkanes) is 12. The number of hydrogen-bond donors (Lipinski definition) is 1. The molecule has 0 radical (unpaired) electrons. The van der Waals surface area contributed by atoms with Crippen molar-refractivity contribution in [3.63, 3.8) is 0 Å². The van der Waals surface area contributed by atoms with E-state index in [1.165, 1.54) is 115 Å². The molecule has 10 nitrogen and oxygen atoms in total. The van der Waals surface area contributed by atoms with Crippen LogP contribution in [0.3, 0.4) is 0 Å². The van der Waals surface area contributed by atoms with Gasteiger partial charge < -0.3 is 23.6 Å². The number of nitrogens with zero attached hydrogens (tertiary/aromatic N) is 1. The van der Waals surface area contributed by atoms with Gasteiger partial charge in [0.05, 0.1) is 27.7 Å². The number of phosphoric ester groups is 1. The fourth-order valence-electron chi connectivity index (χ4n) is 12.4. The maximum Gasteiger partial charge on any atom is 0.509 e. The van der Waals surface area contributed by atoms with Crippen molar-refractivity contribution in [2.45, 2.75) is 214 Å². The molecule has 63 heavy (non-hydrogen) atoms. The lowest BCUT2D eigenvalue weighted by atomic mass is 9.47. The molecule has 11 heteroatoms. The van der Waals surface area contributed by atoms with Gasteiger partial charge in [0.25, 0.3) is 0 Å². The van der Waals surface area contributed by atoms with Crippen LogP contribution in [0.25, 0.3) is 0 Å². The molecule has 0 aromatic heterocycles. The third-order valence-electron chi connectivity index (χ3n) is 16.1. The number of hydrogen-bond acceptors (Lipinski definition) is 8. The smallest absolute Gasteiger partial charge is 0.462 e. The van der Waals surface area contributed by atoms with Crippen LogP contribution >= 0.6 is 7.82 Å². The molecule has 0 aliphatic heterocycles. The predicted molar refractivity (Wildman–Crippen MR) is 254 cm³/mol. The third kappa shape index (κ3) is 17.6. The Morgan fingerprint density at radius 3 is 2.10 bits per heavy atom. The van der Waals surface area contributed by atoms with Gasteiger partial charge in [-0.25, -0.2) is 9.36 Å². The molecule has 1 unspecified atom stereocenters. The van der Waals surface area contributed by atoms with Gasteiger partial charge in [-0.2, -0.15) is 0 Å². The van der Waals surface area contributed by atoms with Crippen molar-refractivity contribution >= 4 is 19.9 Å². The van der Waals surface area contributed by atoms with Gasteiger partial charge in [-0.3, -0.25) is 13.8 Å². The van der Waals surface area contributed by atoms with Gasteiger partial charge in [-0.05, 0) is 97.7 Å². The van der Waals surface area contributed by atoms with Crippen LogP contribution < -0.4 is 0 Å². The van der Waals surface area contributed by atoms with Crippen molar-refractivity contribution in [3.8, 4) is 0 Å². The van der Waals surface area contributed by atoms with Crippen molar-refractivity contribution in [3.05, 3.63) is 11.6 Å². The zero-order valence-electron chi connectivity index (χ0n) is 41.8. The van der Waals surface area contributed by atoms with Crippen LogP contribution in [-0.2, 0) is 32.6 Å². The summed E-state index contributed by atoms with van der Waals surface area (Å²) in [5, 5.41) is 0. The van der Waals surface area contributed by atoms with Crippen molar-refractivity contribution in [1.82, 2.24) is 0 Å². The van der Waals surface area contributed by atoms with E-state index < -0.39 is 32.7 Å². The molecule has 0 saturated heterocycles. The van der Waals surface area contributed by atoms with Crippen LogP contribution in [0.5, 0.6) is 0 Å². The number of carbonyl (C=O) groups is 2. The number of quaternary nitrogens is 1. The highest BCUT2D eigenvalue weighted by Crippen LogP contribution is 2.67. The topological polar surface area (TPSA) is 118 Å². The first kappa shape index (κ1) is 54.2. The molecule has 4 rings (SSSR count). The van der Waals surface area contributed by atoms with E-state index in [0.717, 1.165) is 68.1 Å². The Bertz CT molecular complexity index is 1450. The SMILES string of the molecule is CCCCCCCCCCCCCCCC(=O)OC[C@H](COP(=O)(O)OCC[N+](C)(C)C)OC(=O)O[C@H]1CC[C@@]2(C)C(=CC[C@H]3[C@@H]4CC[C@H]([C@H](C)CCCC(C)C)[C@@]4(C)CC[C@@H]32)C1. The number of allylic oxidation sites excluding steroid dienone is 1. The normalized spacial score (nSPS) is 28.9. The van der Waals surface area contributed by atoms with E-state index in [9.17, 15) is 19.0 Å². The molecule has 1 N–H and O–H groups in total. The average molecular weight is 909 g/mol. The van der Waals surface area contributed by atoms with Crippen molar-refractivity contribution in [2.24, 2.45) is 46.3 Å². The number of fused-ring (bicyclic) bond motifs is 5. The Kier molecular flexibility index (Phi) is 22.5. The van der Waals surface area contributed by atoms with E-state index in [-0.39, 0.29) is 31.2 Å². The molecule has 366 valence electrons. The molecular formula is C52H95NO9P+. The Morgan fingerprint density at radius 2 is 1.46 bits per heavy atom. The minimum atomic E-state index is -4.46. The minimum absolute atomic E-state index is 0.00920. The molecular weight excluding hydrogens is 814 g/mol. The zero-order chi connectivity index (χ0) is 46.1. The highest BCUT2D eigenvalue weighted by Gasteiger charge is 2.59. The summed E-state index contributed by atoms with van der Waals surface area (Å²) in [6.07, 6.45) is 29.1. The molecule has 3 fully saturated rings. The lowest BCUT2D eigenvalue weighted by Gasteiger charge is -2.58. The van der Waals surface area contributed by atoms with Gasteiger partial charge in [-0.1, -0.05) is 150 Å². The summed E-state index contributed by atoms with van der Waals surface area (Å²) in [6.45, 7) is 14.3. The summed E-state index contributed by atoms with van der Waals surface area (Å²) >= 11 is 0. The number of phosphoric acid groups is 1. The third-order valence-corrected chi connectivity index (χ3v) is 17.1. The van der Waals surface area contributed by atoms with Crippen molar-refractivity contribution < 1.29 is 46.8 Å². The van der Waals surface area contributed by atoms with E-state index in [1.807, 2.05) is 21.1 Å². The maximum atomic E-state index is 13.4. The lowest BCUT2D eigenvalue weighted by molar-refractivity contribution is -0.870. The fraction of sp³-hybridized carbons (Fsp3) is 0.923. The second-order valence-corrected chi connectivity index (χ2v) is 24.0. The van der Waals surface area contributed by atoms with Gasteiger partial charge in [-0.15, -0.1) is 0 Å². The van der Waals surface area contributed by atoms with Crippen molar-refractivity contribution in [1.29, 1.82) is 0 Å². The zero-order valence-corrected chi connectivity index (χ0v) is 42.7. The Balaban J connectivity index is 1.25. The molecule has 0 amide bonds. The van der Waals surface area contributed by atoms with Gasteiger partial charge >= 0.3 is 19.9 Å². The number of esters is 1. The molecule has 4 aliphatic rings. The van der Waals surface area contributed by atoms with Crippen LogP contribution in [0, 0.1) is 46.3 Å². The molecule has 4 aliphatic carbocycles. The van der Waals surface area contributed by atoms with E-state index in [0.29, 0.717) is 28.8 Å². The van der Waals surface area contributed by atoms with E-state index in [2.05, 4.69) is 47.6 Å². The van der Waals surface area contributed by atoms with Gasteiger partial charge in [0.1, 0.15) is 25.9 Å². The average Bonchev–Trinajstić information content (AvgIpc) is 3.57. The predicted octanol–water partition coefficient (Wildman–Crippen LogP) is 13.8. The first-order chi connectivity index (χ1) is 29.9. The second-order valence-electron chi connectivity index (χ2n) is 22.5. The molecule has 0 spiro atoms. The lowest BCUT2D eigenvalue weighted by Crippen LogP contribution is -2.51. The summed E-state index contributed by atoms with van der Waals surface area (Å²) in [5.74, 6) is 4.17. The van der Waals surface area contributed by atoms with E-state index in [1.54, 1.807) is 0 Å². The first-order valence-electron chi connectivity index (χ1n) is 26.0. The summed E-state index contributed by atoms with van der Waals surface area (Å²) in [7, 11) is 1.40. The molecule has 0 aromatic rings. The van der Waals surface area contributed by atoms with Crippen LogP contribution in [0.15, 0.2) is 11.6 Å². The molecule has 10 atom stereocenters. The first-order valence-corrected chi connectivity index (χ1v) is 27.5. The van der Waals surface area contributed by atoms with E-state index >= 15 is 0 Å². The highest BCUT2D eigenvalue weighted by atomic mass is 31.2.